The molecule has 2 saturated heterocycles. The third kappa shape index (κ3) is 6.63. The summed E-state index contributed by atoms with van der Waals surface area (Å²) in [4.78, 5) is 80.9. The molecule has 3 fully saturated rings. The van der Waals surface area contributed by atoms with Gasteiger partial charge in [-0.05, 0) is 105 Å². The molecule has 6 amide bonds. The molecule has 3 aliphatic heterocycles. The van der Waals surface area contributed by atoms with Gasteiger partial charge in [-0.2, -0.15) is 4.90 Å². The van der Waals surface area contributed by atoms with E-state index in [1.807, 2.05) is 42.5 Å². The summed E-state index contributed by atoms with van der Waals surface area (Å²) in [5.74, 6) is -1.45. The number of imide groups is 4. The van der Waals surface area contributed by atoms with Crippen LogP contribution in [0.5, 0.6) is 0 Å². The summed E-state index contributed by atoms with van der Waals surface area (Å²) in [5.41, 5.74) is 9.34. The van der Waals surface area contributed by atoms with Gasteiger partial charge in [-0.3, -0.25) is 19.2 Å². The quantitative estimate of drug-likeness (QED) is 0.167. The second-order valence-corrected chi connectivity index (χ2v) is 14.1. The number of likely N-dealkylation sites (tertiary alicyclic amines) is 1. The predicted octanol–water partition coefficient (Wildman–Crippen LogP) is 5.52. The van der Waals surface area contributed by atoms with E-state index >= 15 is 0 Å². The van der Waals surface area contributed by atoms with Crippen molar-refractivity contribution >= 4 is 47.5 Å². The molecule has 53 heavy (non-hydrogen) atoms. The summed E-state index contributed by atoms with van der Waals surface area (Å²) in [6.07, 6.45) is 7.47. The van der Waals surface area contributed by atoms with E-state index in [0.29, 0.717) is 47.9 Å². The van der Waals surface area contributed by atoms with Crippen LogP contribution in [0.1, 0.15) is 87.6 Å². The molecule has 0 bridgehead atoms. The molecule has 0 spiro atoms. The first kappa shape index (κ1) is 34.2. The number of hydrogen-bond donors (Lipinski definition) is 2. The number of nitrogens with one attached hydrogen (secondary N) is 1. The Kier molecular flexibility index (Phi) is 9.17. The number of piperidine rings is 2. The molecule has 13 heteroatoms. The zero-order valence-corrected chi connectivity index (χ0v) is 29.2. The van der Waals surface area contributed by atoms with Crippen molar-refractivity contribution in [3.8, 4) is 11.1 Å². The molecule has 13 nitrogen and oxygen atoms in total. The zero-order chi connectivity index (χ0) is 36.6. The van der Waals surface area contributed by atoms with E-state index in [9.17, 15) is 24.0 Å². The maximum atomic E-state index is 14.0. The Bertz CT molecular complexity index is 2080. The molecule has 4 aliphatic rings. The molecule has 0 radical (unpaired) electrons. The van der Waals surface area contributed by atoms with Crippen LogP contribution in [0, 0.1) is 0 Å². The first-order valence-electron chi connectivity index (χ1n) is 18.2. The van der Waals surface area contributed by atoms with Gasteiger partial charge >= 0.3 is 6.03 Å². The van der Waals surface area contributed by atoms with Crippen molar-refractivity contribution in [2.45, 2.75) is 63.1 Å². The van der Waals surface area contributed by atoms with Crippen molar-refractivity contribution in [2.75, 3.05) is 29.9 Å². The minimum Gasteiger partial charge on any atom is -0.364 e. The first-order valence-corrected chi connectivity index (χ1v) is 18.2. The number of carbonyl (C=O) groups excluding carboxylic acids is 5. The van der Waals surface area contributed by atoms with E-state index in [2.05, 4.69) is 27.3 Å². The third-order valence-corrected chi connectivity index (χ3v) is 10.8. The van der Waals surface area contributed by atoms with Crippen molar-refractivity contribution in [3.63, 3.8) is 0 Å². The first-order chi connectivity index (χ1) is 25.8. The molecule has 3 aromatic carbocycles. The number of urea groups is 1. The van der Waals surface area contributed by atoms with Crippen LogP contribution in [-0.2, 0) is 4.79 Å². The Balaban J connectivity index is 1.01. The number of amides is 6. The zero-order valence-electron chi connectivity index (χ0n) is 29.2. The molecule has 1 aliphatic carbocycles. The standard InChI is InChI=1S/C40H40N8O5/c41-36(50)35-37(43-29-12-9-26(10-13-29)27-17-20-45(21-18-27)30-14-15-30)44-33(23-42-35)46-19-5-4-8-34(46)47(24-49)40(53)48-38(51)31-16-11-28(22-32(31)39(48)52)25-6-2-1-3-7-25/h1-3,6-7,9-13,16,22-24,27,30,34H,4-5,8,14-15,17-21H2,(H2,41,50)(H,43,44)/t34-/m1/s1. The lowest BCUT2D eigenvalue weighted by molar-refractivity contribution is -0.117. The summed E-state index contributed by atoms with van der Waals surface area (Å²) in [5, 5.41) is 3.20. The monoisotopic (exact) mass is 712 g/mol. The Labute approximate surface area is 306 Å². The van der Waals surface area contributed by atoms with Gasteiger partial charge in [-0.25, -0.2) is 19.7 Å². The van der Waals surface area contributed by atoms with Crippen LogP contribution < -0.4 is 16.0 Å². The van der Waals surface area contributed by atoms with Gasteiger partial charge in [-0.15, -0.1) is 0 Å². The van der Waals surface area contributed by atoms with Crippen molar-refractivity contribution in [2.24, 2.45) is 5.73 Å². The van der Waals surface area contributed by atoms with E-state index in [4.69, 9.17) is 10.7 Å². The minimum atomic E-state index is -1.05. The molecule has 1 aromatic heterocycles. The van der Waals surface area contributed by atoms with Crippen molar-refractivity contribution in [3.05, 3.63) is 101 Å². The highest BCUT2D eigenvalue weighted by Crippen LogP contribution is 2.36. The number of benzene rings is 3. The predicted molar refractivity (Wildman–Crippen MR) is 198 cm³/mol. The molecular weight excluding hydrogens is 672 g/mol. The summed E-state index contributed by atoms with van der Waals surface area (Å²) < 4.78 is 0. The number of nitrogens with zero attached hydrogens (tertiary/aromatic N) is 6. The molecule has 4 heterocycles. The summed E-state index contributed by atoms with van der Waals surface area (Å²) in [7, 11) is 0. The van der Waals surface area contributed by atoms with Crippen LogP contribution in [0.25, 0.3) is 11.1 Å². The largest absolute Gasteiger partial charge is 0.364 e. The van der Waals surface area contributed by atoms with E-state index in [0.717, 1.165) is 48.9 Å². The number of anilines is 3. The average Bonchev–Trinajstić information content (AvgIpc) is 4.01. The van der Waals surface area contributed by atoms with Gasteiger partial charge in [0.2, 0.25) is 6.41 Å². The molecule has 4 aromatic rings. The molecule has 1 saturated carbocycles. The summed E-state index contributed by atoms with van der Waals surface area (Å²) in [6, 6.07) is 22.0. The molecule has 3 N–H and O–H groups in total. The maximum Gasteiger partial charge on any atom is 0.342 e. The fraction of sp³-hybridized carbons (Fsp3) is 0.325. The second-order valence-electron chi connectivity index (χ2n) is 14.1. The van der Waals surface area contributed by atoms with Crippen LogP contribution in [0.15, 0.2) is 79.0 Å². The van der Waals surface area contributed by atoms with E-state index in [1.165, 1.54) is 30.7 Å². The number of rotatable bonds is 9. The normalized spacial score (nSPS) is 19.2. The number of carbonyl (C=O) groups is 5. The molecule has 0 unspecified atom stereocenters. The maximum absolute atomic E-state index is 14.0. The van der Waals surface area contributed by atoms with Crippen LogP contribution in [0.3, 0.4) is 0 Å². The highest BCUT2D eigenvalue weighted by atomic mass is 16.2. The van der Waals surface area contributed by atoms with Crippen molar-refractivity contribution < 1.29 is 24.0 Å². The third-order valence-electron chi connectivity index (χ3n) is 10.8. The smallest absolute Gasteiger partial charge is 0.342 e. The Morgan fingerprint density at radius 1 is 0.830 bits per heavy atom. The topological polar surface area (TPSA) is 162 Å². The van der Waals surface area contributed by atoms with Gasteiger partial charge in [0.05, 0.1) is 17.3 Å². The van der Waals surface area contributed by atoms with Gasteiger partial charge < -0.3 is 20.9 Å². The molecule has 1 atom stereocenters. The van der Waals surface area contributed by atoms with Crippen LogP contribution in [-0.4, -0.2) is 86.7 Å². The molecular formula is C40H40N8O5. The number of primary amides is 1. The summed E-state index contributed by atoms with van der Waals surface area (Å²) in [6.45, 7) is 2.64. The summed E-state index contributed by atoms with van der Waals surface area (Å²) >= 11 is 0. The number of hydrogen-bond acceptors (Lipinski definition) is 10. The van der Waals surface area contributed by atoms with Crippen LogP contribution in [0.4, 0.5) is 22.1 Å². The molecule has 8 rings (SSSR count). The highest BCUT2D eigenvalue weighted by molar-refractivity contribution is 6.29. The Morgan fingerprint density at radius 3 is 2.26 bits per heavy atom. The lowest BCUT2D eigenvalue weighted by Gasteiger charge is -2.41. The van der Waals surface area contributed by atoms with Gasteiger partial charge in [0, 0.05) is 18.3 Å². The lowest BCUT2D eigenvalue weighted by Crippen LogP contribution is -2.57. The number of nitrogens with two attached hydrogens (primary N) is 1. The van der Waals surface area contributed by atoms with Gasteiger partial charge in [0.15, 0.2) is 17.3 Å². The SMILES string of the molecule is NC(=O)c1ncc(N2CCCC[C@H]2N(C=O)C(=O)N2C(=O)c3ccc(-c4ccccc4)cc3C2=O)nc1Nc1ccc(C2CCN(C3CC3)CC2)cc1. The van der Waals surface area contributed by atoms with Crippen molar-refractivity contribution in [1.82, 2.24) is 24.7 Å². The number of aromatic nitrogens is 2. The van der Waals surface area contributed by atoms with E-state index in [-0.39, 0.29) is 28.5 Å². The van der Waals surface area contributed by atoms with Crippen LogP contribution >= 0.6 is 0 Å². The Hall–Kier alpha value is -5.95. The second kappa shape index (κ2) is 14.2. The van der Waals surface area contributed by atoms with Crippen LogP contribution in [0.2, 0.25) is 0 Å². The fourth-order valence-electron chi connectivity index (χ4n) is 7.85. The molecule has 270 valence electrons. The number of fused-ring (bicyclic) bond motifs is 1. The van der Waals surface area contributed by atoms with Crippen molar-refractivity contribution in [1.29, 1.82) is 0 Å². The van der Waals surface area contributed by atoms with E-state index < -0.39 is 29.9 Å². The highest BCUT2D eigenvalue weighted by Gasteiger charge is 2.45. The average molecular weight is 713 g/mol. The van der Waals surface area contributed by atoms with Gasteiger partial charge in [-0.1, -0.05) is 48.5 Å². The minimum absolute atomic E-state index is 0.0666. The Morgan fingerprint density at radius 2 is 1.57 bits per heavy atom. The van der Waals surface area contributed by atoms with E-state index in [1.54, 1.807) is 17.0 Å². The van der Waals surface area contributed by atoms with Gasteiger partial charge in [0.1, 0.15) is 6.17 Å². The lowest BCUT2D eigenvalue weighted by atomic mass is 9.89. The van der Waals surface area contributed by atoms with Gasteiger partial charge in [0.25, 0.3) is 17.7 Å². The fourth-order valence-corrected chi connectivity index (χ4v) is 7.85.